The second kappa shape index (κ2) is 17.1. The Morgan fingerprint density at radius 2 is 1.73 bits per heavy atom. The van der Waals surface area contributed by atoms with Crippen LogP contribution >= 0.6 is 11.8 Å². The number of nitrogens with one attached hydrogen (secondary N) is 1. The third kappa shape index (κ3) is 8.08. The third-order valence-corrected chi connectivity index (χ3v) is 12.5. The molecule has 11 atom stereocenters. The Morgan fingerprint density at radius 1 is 1.12 bits per heavy atom. The largest absolute Gasteiger partial charge is 0.457 e. The molecule has 1 amide bonds. The van der Waals surface area contributed by atoms with Crippen LogP contribution < -0.4 is 5.32 Å². The average Bonchev–Trinajstić information content (AvgIpc) is 3.03. The Morgan fingerprint density at radius 3 is 2.27 bits per heavy atom. The van der Waals surface area contributed by atoms with Crippen molar-refractivity contribution in [3.63, 3.8) is 0 Å². The van der Waals surface area contributed by atoms with E-state index in [-0.39, 0.29) is 108 Å². The summed E-state index contributed by atoms with van der Waals surface area (Å²) in [6.07, 6.45) is -2.54. The van der Waals surface area contributed by atoms with E-state index in [2.05, 4.69) is 5.32 Å². The number of esters is 1. The number of hydrogen-bond acceptors (Lipinski definition) is 11. The van der Waals surface area contributed by atoms with Gasteiger partial charge in [0.2, 0.25) is 0 Å². The van der Waals surface area contributed by atoms with Crippen LogP contribution in [0, 0.1) is 117 Å². The number of hydrogen-bond donors (Lipinski definition) is 4. The van der Waals surface area contributed by atoms with Gasteiger partial charge in [-0.05, 0) is 70.4 Å². The van der Waals surface area contributed by atoms with Gasteiger partial charge < -0.3 is 39.6 Å². The monoisotopic (exact) mass is 1170 g/mol. The summed E-state index contributed by atoms with van der Waals surface area (Å²) in [7, 11) is 0. The van der Waals surface area contributed by atoms with Gasteiger partial charge in [0.1, 0.15) is 23.4 Å². The zero-order valence-electron chi connectivity index (χ0n) is 32.1. The number of aliphatic hydroxyl groups excluding tert-OH is 1. The predicted molar refractivity (Wildman–Crippen MR) is 188 cm³/mol. The van der Waals surface area contributed by atoms with Gasteiger partial charge in [-0.2, -0.15) is 0 Å². The molecule has 52 heavy (non-hydrogen) atoms. The summed E-state index contributed by atoms with van der Waals surface area (Å²) in [6.45, 7) is 15.8. The van der Waals surface area contributed by atoms with Crippen LogP contribution in [-0.4, -0.2) is 93.2 Å². The van der Waals surface area contributed by atoms with Crippen LogP contribution in [0.5, 0.6) is 0 Å². The molecule has 0 aromatic heterocycles. The number of alkyl carbamates (subject to hydrolysis) is 1. The van der Waals surface area contributed by atoms with Gasteiger partial charge in [0.15, 0.2) is 5.78 Å². The van der Waals surface area contributed by atoms with Crippen LogP contribution in [0.2, 0.25) is 0 Å². The first kappa shape index (κ1) is 46.8. The second-order valence-electron chi connectivity index (χ2n) is 16.5. The Labute approximate surface area is 384 Å². The van der Waals surface area contributed by atoms with Gasteiger partial charge in [0.25, 0.3) is 0 Å². The molecule has 5 rings (SSSR count). The van der Waals surface area contributed by atoms with Gasteiger partial charge in [-0.15, -0.1) is 11.8 Å². The van der Waals surface area contributed by atoms with Crippen LogP contribution in [0.1, 0.15) is 86.8 Å². The molecule has 2 radical (unpaired) electrons. The van der Waals surface area contributed by atoms with Crippen LogP contribution in [0.4, 0.5) is 4.79 Å². The Bertz CT molecular complexity index is 1520. The predicted octanol–water partition coefficient (Wildman–Crippen LogP) is 4.72. The zero-order valence-corrected chi connectivity index (χ0v) is 42.4. The number of carbonyl (C=O) groups is 3. The fourth-order valence-corrected chi connectivity index (χ4v) is 9.76. The van der Waals surface area contributed by atoms with Gasteiger partial charge in [0.05, 0.1) is 47.7 Å². The number of thioether (sulfide) groups is 1. The minimum absolute atomic E-state index is 0. The van der Waals surface area contributed by atoms with Crippen molar-refractivity contribution in [2.45, 2.75) is 122 Å². The molecule has 2 saturated carbocycles. The molecule has 284 valence electrons. The van der Waals surface area contributed by atoms with E-state index in [4.69, 9.17) is 18.9 Å². The number of ether oxygens (including phenoxy) is 4. The van der Waals surface area contributed by atoms with Crippen molar-refractivity contribution in [2.75, 3.05) is 18.8 Å². The molecular formula is C38H55Ac2NO10S. The summed E-state index contributed by atoms with van der Waals surface area (Å²) in [5, 5.41) is 40.1. The first-order valence-electron chi connectivity index (χ1n) is 17.5. The first-order chi connectivity index (χ1) is 23.1. The summed E-state index contributed by atoms with van der Waals surface area (Å²) in [4.78, 5) is 41.7. The molecule has 1 heterocycles. The molecule has 14 heteroatoms. The Hall–Kier alpha value is 0.403. The average molecular weight is 1170 g/mol. The van der Waals surface area contributed by atoms with Gasteiger partial charge in [-0.1, -0.05) is 51.1 Å². The van der Waals surface area contributed by atoms with Crippen molar-refractivity contribution < 1.29 is 137 Å². The zero-order chi connectivity index (χ0) is 37.2. The number of amides is 1. The minimum Gasteiger partial charge on any atom is -0.457 e. The number of carbonyl (C=O) groups excluding carboxylic acids is 3. The van der Waals surface area contributed by atoms with E-state index >= 15 is 0 Å². The summed E-state index contributed by atoms with van der Waals surface area (Å²) in [5.41, 5.74) is -4.95. The van der Waals surface area contributed by atoms with Crippen molar-refractivity contribution in [3.8, 4) is 0 Å². The first-order valence-corrected chi connectivity index (χ1v) is 18.9. The number of benzene rings is 1. The molecule has 9 unspecified atom stereocenters. The molecule has 2 bridgehead atoms. The molecule has 1 saturated heterocycles. The van der Waals surface area contributed by atoms with Crippen LogP contribution in [0.25, 0.3) is 0 Å². The molecule has 4 N–H and O–H groups in total. The van der Waals surface area contributed by atoms with E-state index in [0.29, 0.717) is 22.6 Å². The molecule has 3 fully saturated rings. The van der Waals surface area contributed by atoms with Crippen molar-refractivity contribution >= 4 is 29.6 Å². The summed E-state index contributed by atoms with van der Waals surface area (Å²) < 4.78 is 23.8. The topological polar surface area (TPSA) is 161 Å². The number of aliphatic hydroxyl groups is 3. The van der Waals surface area contributed by atoms with Crippen LogP contribution in [0.3, 0.4) is 0 Å². The summed E-state index contributed by atoms with van der Waals surface area (Å²) >= 11 is 1.46. The number of Topliss-reactive ketones (excluding diaryl/α,β-unsaturated/α-hetero) is 1. The Balaban J connectivity index is 0.00000364. The molecular weight excluding hydrogens is 1120 g/mol. The van der Waals surface area contributed by atoms with E-state index in [1.165, 1.54) is 11.8 Å². The maximum absolute atomic E-state index is 14.8. The van der Waals surface area contributed by atoms with Gasteiger partial charge in [-0.25, -0.2) is 4.79 Å². The van der Waals surface area contributed by atoms with E-state index in [0.717, 1.165) is 0 Å². The van der Waals surface area contributed by atoms with Crippen LogP contribution in [0.15, 0.2) is 41.5 Å². The minimum atomic E-state index is -1.66. The number of fused-ring (bicyclic) bond motifs is 5. The van der Waals surface area contributed by atoms with Gasteiger partial charge in [-0.3, -0.25) is 9.59 Å². The Kier molecular flexibility index (Phi) is 15.4. The van der Waals surface area contributed by atoms with Crippen molar-refractivity contribution in [3.05, 3.63) is 47.0 Å². The maximum Gasteiger partial charge on any atom is 0.408 e. The van der Waals surface area contributed by atoms with Crippen molar-refractivity contribution in [1.29, 1.82) is 0 Å². The fraction of sp³-hybridized carbons (Fsp3) is 0.711. The fourth-order valence-electron chi connectivity index (χ4n) is 9.46. The molecule has 1 aromatic rings. The molecule has 4 aliphatic rings. The normalized spacial score (nSPS) is 36.1. The molecule has 3 aliphatic carbocycles. The third-order valence-electron chi connectivity index (χ3n) is 12.2. The van der Waals surface area contributed by atoms with Crippen molar-refractivity contribution in [1.82, 2.24) is 5.32 Å². The molecule has 0 spiro atoms. The van der Waals surface area contributed by atoms with Crippen molar-refractivity contribution in [2.24, 2.45) is 28.6 Å². The van der Waals surface area contributed by atoms with Gasteiger partial charge >= 0.3 is 12.1 Å². The second-order valence-corrected chi connectivity index (χ2v) is 17.3. The van der Waals surface area contributed by atoms with E-state index in [1.807, 2.05) is 19.2 Å². The summed E-state index contributed by atoms with van der Waals surface area (Å²) in [5.74, 6) is -3.33. The molecule has 1 aromatic carbocycles. The maximum atomic E-state index is 14.8. The SMILES string of the molecule is CSCOC1CC2OCC2(O)C2C(C)C3(O)CC(OC(=O)[C@H](C)C(NC(=O)OC(C)(C)C)c4ccccc4)C(C)=C(C(O)C(=O)[C@]12C)C3(C)C.[Ac].[Ac]. The molecule has 1 aliphatic heterocycles. The van der Waals surface area contributed by atoms with Gasteiger partial charge in [0, 0.05) is 112 Å². The van der Waals surface area contributed by atoms with Crippen LogP contribution in [-0.2, 0) is 28.5 Å². The molecule has 11 nitrogen and oxygen atoms in total. The smallest absolute Gasteiger partial charge is 0.408 e. The van der Waals surface area contributed by atoms with E-state index in [1.54, 1.807) is 79.7 Å². The van der Waals surface area contributed by atoms with E-state index < -0.39 is 93.7 Å². The number of ketones is 1. The quantitative estimate of drug-likeness (QED) is 0.162. The van der Waals surface area contributed by atoms with E-state index in [9.17, 15) is 29.7 Å². The summed E-state index contributed by atoms with van der Waals surface area (Å²) in [6, 6.07) is 8.23. The standard InChI is InChI=1S/C38H55NO10S.2Ac/c1-20-24(48-32(42)21(2)28(23-14-12-11-13-15-23)39-33(43)49-34(4,5)6)17-38(45)22(3)30-36(9,31(41)29(40)27(20)35(38,7)8)25(47-19-50-10)16-26-37(30,44)18-46-26;;/h11-15,21-22,24-26,28-30,40,44-45H,16-19H2,1-10H3,(H,39,43);;/t21-,22?,24?,25?,26?,28?,29?,30?,36-,37?,38?;;/m1../s1. The number of rotatable bonds is 8.